The van der Waals surface area contributed by atoms with Crippen LogP contribution in [0.2, 0.25) is 0 Å². The molecular weight excluding hydrogens is 471 g/mol. The Morgan fingerprint density at radius 3 is 2.43 bits per heavy atom. The van der Waals surface area contributed by atoms with Crippen molar-refractivity contribution in [2.45, 2.75) is 42.7 Å². The van der Waals surface area contributed by atoms with Gasteiger partial charge in [-0.1, -0.05) is 12.1 Å². The van der Waals surface area contributed by atoms with Gasteiger partial charge in [-0.15, -0.1) is 0 Å². The third-order valence-corrected chi connectivity index (χ3v) is 8.57. The maximum atomic E-state index is 14.0. The highest BCUT2D eigenvalue weighted by atomic mass is 32.2. The number of hydrogen-bond donors (Lipinski definition) is 2. The molecule has 0 bridgehead atoms. The Morgan fingerprint density at radius 1 is 1.09 bits per heavy atom. The number of aliphatic hydroxyl groups is 1. The smallest absolute Gasteiger partial charge is 0.244 e. The quantitative estimate of drug-likeness (QED) is 0.573. The van der Waals surface area contributed by atoms with E-state index in [1.807, 2.05) is 6.07 Å². The van der Waals surface area contributed by atoms with Crippen LogP contribution in [0.5, 0.6) is 5.75 Å². The minimum absolute atomic E-state index is 0.0274. The normalized spacial score (nSPS) is 21.9. The molecule has 10 heteroatoms. The molecule has 8 nitrogen and oxygen atoms in total. The molecule has 1 aliphatic carbocycles. The van der Waals surface area contributed by atoms with Crippen LogP contribution in [-0.2, 0) is 10.0 Å². The van der Waals surface area contributed by atoms with Gasteiger partial charge >= 0.3 is 0 Å². The second-order valence-corrected chi connectivity index (χ2v) is 11.2. The van der Waals surface area contributed by atoms with E-state index in [2.05, 4.69) is 5.32 Å². The van der Waals surface area contributed by atoms with Crippen molar-refractivity contribution < 1.29 is 22.7 Å². The summed E-state index contributed by atoms with van der Waals surface area (Å²) in [6, 6.07) is 14.0. The molecule has 1 saturated carbocycles. The number of hydrogen-bond acceptors (Lipinski definition) is 7. The first-order valence-electron chi connectivity index (χ1n) is 11.5. The molecule has 0 amide bonds. The predicted octanol–water partition coefficient (Wildman–Crippen LogP) is 2.53. The Labute approximate surface area is 204 Å². The first-order valence-corrected chi connectivity index (χ1v) is 12.9. The van der Waals surface area contributed by atoms with Crippen molar-refractivity contribution in [3.63, 3.8) is 0 Å². The number of sulfonamides is 1. The van der Waals surface area contributed by atoms with Crippen LogP contribution in [0.1, 0.15) is 36.8 Å². The average Bonchev–Trinajstić information content (AvgIpc) is 2.84. The summed E-state index contributed by atoms with van der Waals surface area (Å²) in [6.45, 7) is 0.984. The molecule has 1 saturated heterocycles. The van der Waals surface area contributed by atoms with Gasteiger partial charge in [0.1, 0.15) is 23.7 Å². The van der Waals surface area contributed by atoms with Gasteiger partial charge in [0.15, 0.2) is 0 Å². The summed E-state index contributed by atoms with van der Waals surface area (Å²) < 4.78 is 47.6. The standard InChI is InChI=1S/C25H27FN4O4S/c26-23-11-22(10-5-18(23)12-27)34-17-25(14-29-20-6-8-21(31)9-7-20)15-30(16-25)35(32,33)24-4-2-1-3-19(24)13-28/h1-5,10-11,20-21,29,31H,6-9,14-17H2/t20-,21-. The van der Waals surface area contributed by atoms with E-state index in [4.69, 9.17) is 10.00 Å². The first-order chi connectivity index (χ1) is 16.8. The minimum Gasteiger partial charge on any atom is -0.493 e. The minimum atomic E-state index is -3.87. The summed E-state index contributed by atoms with van der Waals surface area (Å²) in [5.74, 6) is -0.415. The largest absolute Gasteiger partial charge is 0.493 e. The van der Waals surface area contributed by atoms with Crippen LogP contribution in [-0.4, -0.2) is 56.2 Å². The highest BCUT2D eigenvalue weighted by Crippen LogP contribution is 2.36. The summed E-state index contributed by atoms with van der Waals surface area (Å²) in [4.78, 5) is -0.0274. The van der Waals surface area contributed by atoms with E-state index in [9.17, 15) is 23.2 Å². The average molecular weight is 499 g/mol. The number of nitriles is 2. The molecule has 1 aliphatic heterocycles. The Kier molecular flexibility index (Phi) is 7.39. The zero-order chi connectivity index (χ0) is 25.1. The lowest BCUT2D eigenvalue weighted by molar-refractivity contribution is 0.0141. The lowest BCUT2D eigenvalue weighted by Crippen LogP contribution is -2.65. The molecule has 2 aromatic carbocycles. The Hall–Kier alpha value is -3.02. The Morgan fingerprint density at radius 2 is 1.77 bits per heavy atom. The Balaban J connectivity index is 1.49. The van der Waals surface area contributed by atoms with Crippen LogP contribution in [0, 0.1) is 33.9 Å². The fourth-order valence-electron chi connectivity index (χ4n) is 4.60. The number of rotatable bonds is 8. The van der Waals surface area contributed by atoms with Crippen molar-refractivity contribution in [3.05, 3.63) is 59.4 Å². The van der Waals surface area contributed by atoms with Crippen molar-refractivity contribution in [2.75, 3.05) is 26.2 Å². The zero-order valence-electron chi connectivity index (χ0n) is 19.2. The molecule has 184 valence electrons. The van der Waals surface area contributed by atoms with E-state index in [1.165, 1.54) is 28.6 Å². The van der Waals surface area contributed by atoms with E-state index < -0.39 is 21.3 Å². The van der Waals surface area contributed by atoms with Crippen molar-refractivity contribution in [3.8, 4) is 17.9 Å². The summed E-state index contributed by atoms with van der Waals surface area (Å²) >= 11 is 0. The third kappa shape index (κ3) is 5.47. The van der Waals surface area contributed by atoms with Crippen molar-refractivity contribution in [1.82, 2.24) is 9.62 Å². The van der Waals surface area contributed by atoms with Crippen LogP contribution in [0.25, 0.3) is 0 Å². The van der Waals surface area contributed by atoms with E-state index in [0.717, 1.165) is 31.7 Å². The fourth-order valence-corrected chi connectivity index (χ4v) is 6.41. The number of nitrogens with zero attached hydrogens (tertiary/aromatic N) is 3. The van der Waals surface area contributed by atoms with Gasteiger partial charge in [-0.3, -0.25) is 0 Å². The van der Waals surface area contributed by atoms with Crippen LogP contribution in [0.4, 0.5) is 4.39 Å². The highest BCUT2D eigenvalue weighted by Gasteiger charge is 2.49. The van der Waals surface area contributed by atoms with Crippen LogP contribution >= 0.6 is 0 Å². The van der Waals surface area contributed by atoms with Crippen LogP contribution in [0.3, 0.4) is 0 Å². The number of ether oxygens (including phenoxy) is 1. The zero-order valence-corrected chi connectivity index (χ0v) is 20.0. The van der Waals surface area contributed by atoms with Crippen molar-refractivity contribution in [2.24, 2.45) is 5.41 Å². The lowest BCUT2D eigenvalue weighted by Gasteiger charge is -2.49. The Bertz CT molecular complexity index is 1260. The molecule has 0 unspecified atom stereocenters. The van der Waals surface area contributed by atoms with Gasteiger partial charge in [0.25, 0.3) is 0 Å². The SMILES string of the molecule is N#Cc1ccc(OCC2(CN[C@H]3CC[C@H](O)CC3)CN(S(=O)(=O)c3ccccc3C#N)C2)cc1F. The van der Waals surface area contributed by atoms with Crippen molar-refractivity contribution in [1.29, 1.82) is 10.5 Å². The van der Waals surface area contributed by atoms with Gasteiger partial charge in [0, 0.05) is 37.2 Å². The monoisotopic (exact) mass is 498 g/mol. The molecule has 0 atom stereocenters. The van der Waals surface area contributed by atoms with Gasteiger partial charge in [-0.2, -0.15) is 14.8 Å². The molecular formula is C25H27FN4O4S. The molecule has 4 rings (SSSR count). The molecule has 0 radical (unpaired) electrons. The first kappa shape index (κ1) is 25.1. The van der Waals surface area contributed by atoms with Crippen LogP contribution in [0.15, 0.2) is 47.4 Å². The fraction of sp³-hybridized carbons (Fsp3) is 0.440. The topological polar surface area (TPSA) is 126 Å². The molecule has 2 aromatic rings. The number of nitrogens with one attached hydrogen (secondary N) is 1. The third-order valence-electron chi connectivity index (χ3n) is 6.72. The summed E-state index contributed by atoms with van der Waals surface area (Å²) in [5.41, 5.74) is -0.548. The molecule has 35 heavy (non-hydrogen) atoms. The maximum absolute atomic E-state index is 14.0. The summed E-state index contributed by atoms with van der Waals surface area (Å²) in [5, 5.41) is 31.5. The summed E-state index contributed by atoms with van der Waals surface area (Å²) in [6.07, 6.45) is 2.82. The number of benzene rings is 2. The number of halogens is 1. The molecule has 2 aliphatic rings. The number of aliphatic hydroxyl groups excluding tert-OH is 1. The molecule has 0 aromatic heterocycles. The summed E-state index contributed by atoms with van der Waals surface area (Å²) in [7, 11) is -3.87. The van der Waals surface area contributed by atoms with E-state index >= 15 is 0 Å². The van der Waals surface area contributed by atoms with Gasteiger partial charge in [0.05, 0.1) is 28.7 Å². The molecule has 0 spiro atoms. The second-order valence-electron chi connectivity index (χ2n) is 9.31. The van der Waals surface area contributed by atoms with Crippen molar-refractivity contribution >= 4 is 10.0 Å². The van der Waals surface area contributed by atoms with Crippen LogP contribution < -0.4 is 10.1 Å². The van der Waals surface area contributed by atoms with Gasteiger partial charge in [-0.05, 0) is 49.9 Å². The second kappa shape index (κ2) is 10.3. The maximum Gasteiger partial charge on any atom is 0.244 e. The predicted molar refractivity (Wildman–Crippen MR) is 125 cm³/mol. The lowest BCUT2D eigenvalue weighted by atomic mass is 9.81. The van der Waals surface area contributed by atoms with Gasteiger partial charge < -0.3 is 15.2 Å². The molecule has 2 N–H and O–H groups in total. The molecule has 2 fully saturated rings. The van der Waals surface area contributed by atoms with E-state index in [0.29, 0.717) is 6.54 Å². The van der Waals surface area contributed by atoms with Gasteiger partial charge in [-0.25, -0.2) is 12.8 Å². The molecule has 1 heterocycles. The van der Waals surface area contributed by atoms with E-state index in [1.54, 1.807) is 18.2 Å². The van der Waals surface area contributed by atoms with E-state index in [-0.39, 0.29) is 53.6 Å². The highest BCUT2D eigenvalue weighted by molar-refractivity contribution is 7.89. The van der Waals surface area contributed by atoms with Gasteiger partial charge in [0.2, 0.25) is 10.0 Å².